The average Bonchev–Trinajstić information content (AvgIpc) is 2.54. The van der Waals surface area contributed by atoms with Gasteiger partial charge in [-0.1, -0.05) is 0 Å². The van der Waals surface area contributed by atoms with Gasteiger partial charge in [0.15, 0.2) is 0 Å². The molecule has 1 saturated heterocycles. The summed E-state index contributed by atoms with van der Waals surface area (Å²) in [6.45, 7) is 3.91. The molecule has 80 valence electrons. The fourth-order valence-electron chi connectivity index (χ4n) is 1.91. The van der Waals surface area contributed by atoms with Crippen LogP contribution in [0.5, 0.6) is 0 Å². The molecular formula is C10H14N4S. The van der Waals surface area contributed by atoms with Crippen LogP contribution in [-0.4, -0.2) is 34.4 Å². The quantitative estimate of drug-likeness (QED) is 0.715. The third-order valence-corrected chi connectivity index (χ3v) is 3.56. The number of nitriles is 1. The molecule has 0 atom stereocenters. The third-order valence-electron chi connectivity index (χ3n) is 2.61. The Hall–Kier alpha value is -1.15. The first-order chi connectivity index (χ1) is 7.24. The molecule has 0 radical (unpaired) electrons. The van der Waals surface area contributed by atoms with Gasteiger partial charge in [-0.05, 0) is 6.92 Å². The van der Waals surface area contributed by atoms with E-state index in [0.717, 1.165) is 41.7 Å². The Morgan fingerprint density at radius 2 is 2.07 bits per heavy atom. The summed E-state index contributed by atoms with van der Waals surface area (Å²) in [4.78, 5) is 2.26. The average molecular weight is 222 g/mol. The van der Waals surface area contributed by atoms with Gasteiger partial charge in [-0.3, -0.25) is 4.68 Å². The first-order valence-electron chi connectivity index (χ1n) is 5.00. The van der Waals surface area contributed by atoms with Crippen LogP contribution in [0.2, 0.25) is 0 Å². The van der Waals surface area contributed by atoms with E-state index in [1.807, 2.05) is 30.4 Å². The van der Waals surface area contributed by atoms with Crippen molar-refractivity contribution < 1.29 is 0 Å². The number of anilines is 1. The first-order valence-corrected chi connectivity index (χ1v) is 6.16. The number of hydrogen-bond donors (Lipinski definition) is 0. The molecule has 0 amide bonds. The highest BCUT2D eigenvalue weighted by Gasteiger charge is 2.20. The molecule has 1 aromatic rings. The number of thioether (sulfide) groups is 1. The van der Waals surface area contributed by atoms with Crippen molar-refractivity contribution >= 4 is 17.6 Å². The Morgan fingerprint density at radius 1 is 1.40 bits per heavy atom. The van der Waals surface area contributed by atoms with Gasteiger partial charge in [0.1, 0.15) is 17.5 Å². The molecule has 0 aliphatic carbocycles. The second-order valence-electron chi connectivity index (χ2n) is 3.62. The summed E-state index contributed by atoms with van der Waals surface area (Å²) in [5, 5.41) is 13.4. The molecule has 2 heterocycles. The summed E-state index contributed by atoms with van der Waals surface area (Å²) in [5.41, 5.74) is 1.55. The van der Waals surface area contributed by atoms with Crippen LogP contribution in [0.4, 0.5) is 5.82 Å². The monoisotopic (exact) mass is 222 g/mol. The number of aromatic nitrogens is 2. The van der Waals surface area contributed by atoms with Gasteiger partial charge >= 0.3 is 0 Å². The Bertz CT molecular complexity index is 398. The number of nitrogens with zero attached hydrogens (tertiary/aromatic N) is 4. The molecular weight excluding hydrogens is 208 g/mol. The highest BCUT2D eigenvalue weighted by molar-refractivity contribution is 7.99. The largest absolute Gasteiger partial charge is 0.354 e. The predicted octanol–water partition coefficient (Wildman–Crippen LogP) is 1.15. The van der Waals surface area contributed by atoms with Crippen LogP contribution in [0.3, 0.4) is 0 Å². The second kappa shape index (κ2) is 4.15. The molecule has 4 nitrogen and oxygen atoms in total. The lowest BCUT2D eigenvalue weighted by molar-refractivity contribution is 0.714. The van der Waals surface area contributed by atoms with Crippen LogP contribution in [0.15, 0.2) is 0 Å². The molecule has 0 bridgehead atoms. The van der Waals surface area contributed by atoms with Crippen molar-refractivity contribution in [3.63, 3.8) is 0 Å². The van der Waals surface area contributed by atoms with Gasteiger partial charge in [-0.15, -0.1) is 0 Å². The van der Waals surface area contributed by atoms with Gasteiger partial charge in [-0.25, -0.2) is 0 Å². The van der Waals surface area contributed by atoms with Crippen molar-refractivity contribution in [1.29, 1.82) is 5.26 Å². The Morgan fingerprint density at radius 3 is 2.67 bits per heavy atom. The predicted molar refractivity (Wildman–Crippen MR) is 62.2 cm³/mol. The fraction of sp³-hybridized carbons (Fsp3) is 0.600. The Labute approximate surface area is 93.9 Å². The summed E-state index contributed by atoms with van der Waals surface area (Å²) in [6, 6.07) is 2.25. The van der Waals surface area contributed by atoms with E-state index in [9.17, 15) is 0 Å². The summed E-state index contributed by atoms with van der Waals surface area (Å²) < 4.78 is 1.82. The van der Waals surface area contributed by atoms with Crippen LogP contribution in [0.1, 0.15) is 11.3 Å². The maximum absolute atomic E-state index is 9.11. The Kier molecular flexibility index (Phi) is 2.87. The molecule has 1 aliphatic heterocycles. The molecule has 5 heteroatoms. The lowest BCUT2D eigenvalue weighted by Gasteiger charge is -2.28. The molecule has 0 N–H and O–H groups in total. The van der Waals surface area contributed by atoms with Crippen LogP contribution < -0.4 is 4.90 Å². The van der Waals surface area contributed by atoms with E-state index in [1.54, 1.807) is 0 Å². The minimum atomic E-state index is 0.726. The van der Waals surface area contributed by atoms with Crippen molar-refractivity contribution in [2.24, 2.45) is 7.05 Å². The maximum atomic E-state index is 9.11. The zero-order valence-electron chi connectivity index (χ0n) is 9.03. The highest BCUT2D eigenvalue weighted by atomic mass is 32.2. The smallest absolute Gasteiger partial charge is 0.145 e. The van der Waals surface area contributed by atoms with Gasteiger partial charge in [0.05, 0.1) is 5.69 Å². The van der Waals surface area contributed by atoms with Crippen molar-refractivity contribution in [3.05, 3.63) is 11.3 Å². The van der Waals surface area contributed by atoms with Gasteiger partial charge in [0.2, 0.25) is 0 Å². The molecule has 15 heavy (non-hydrogen) atoms. The van der Waals surface area contributed by atoms with Crippen molar-refractivity contribution in [1.82, 2.24) is 9.78 Å². The zero-order chi connectivity index (χ0) is 10.8. The van der Waals surface area contributed by atoms with Crippen LogP contribution in [0.25, 0.3) is 0 Å². The second-order valence-corrected chi connectivity index (χ2v) is 4.84. The molecule has 1 aliphatic rings. The van der Waals surface area contributed by atoms with Gasteiger partial charge in [0.25, 0.3) is 0 Å². The summed E-state index contributed by atoms with van der Waals surface area (Å²) in [5.74, 6) is 3.25. The molecule has 0 spiro atoms. The van der Waals surface area contributed by atoms with Crippen molar-refractivity contribution in [2.75, 3.05) is 29.5 Å². The maximum Gasteiger partial charge on any atom is 0.145 e. The third kappa shape index (κ3) is 1.82. The summed E-state index contributed by atoms with van der Waals surface area (Å²) in [7, 11) is 1.91. The van der Waals surface area contributed by atoms with E-state index in [2.05, 4.69) is 16.1 Å². The van der Waals surface area contributed by atoms with E-state index in [-0.39, 0.29) is 0 Å². The standard InChI is InChI=1S/C10H14N4S/c1-8-9(7-11)10(13(2)12-8)14-3-5-15-6-4-14/h3-6H2,1-2H3. The molecule has 0 aromatic carbocycles. The lowest BCUT2D eigenvalue weighted by atomic mass is 10.2. The summed E-state index contributed by atoms with van der Waals surface area (Å²) >= 11 is 1.97. The van der Waals surface area contributed by atoms with Crippen molar-refractivity contribution in [2.45, 2.75) is 6.92 Å². The number of rotatable bonds is 1. The molecule has 0 saturated carbocycles. The van der Waals surface area contributed by atoms with Crippen LogP contribution in [0, 0.1) is 18.3 Å². The van der Waals surface area contributed by atoms with E-state index in [0.29, 0.717) is 0 Å². The van der Waals surface area contributed by atoms with E-state index >= 15 is 0 Å². The topological polar surface area (TPSA) is 44.9 Å². The normalized spacial score (nSPS) is 16.5. The van der Waals surface area contributed by atoms with E-state index < -0.39 is 0 Å². The Balaban J connectivity index is 2.37. The zero-order valence-corrected chi connectivity index (χ0v) is 9.84. The first kappa shape index (κ1) is 10.4. The molecule has 1 fully saturated rings. The minimum Gasteiger partial charge on any atom is -0.354 e. The van der Waals surface area contributed by atoms with Crippen LogP contribution >= 0.6 is 11.8 Å². The van der Waals surface area contributed by atoms with Gasteiger partial charge in [0, 0.05) is 31.6 Å². The fourth-order valence-corrected chi connectivity index (χ4v) is 2.82. The van der Waals surface area contributed by atoms with E-state index in [4.69, 9.17) is 5.26 Å². The van der Waals surface area contributed by atoms with Crippen LogP contribution in [-0.2, 0) is 7.05 Å². The molecule has 0 unspecified atom stereocenters. The van der Waals surface area contributed by atoms with E-state index in [1.165, 1.54) is 0 Å². The highest BCUT2D eigenvalue weighted by Crippen LogP contribution is 2.24. The molecule has 1 aromatic heterocycles. The minimum absolute atomic E-state index is 0.726. The lowest BCUT2D eigenvalue weighted by Crippen LogP contribution is -2.34. The van der Waals surface area contributed by atoms with Crippen molar-refractivity contribution in [3.8, 4) is 6.07 Å². The number of hydrogen-bond acceptors (Lipinski definition) is 4. The van der Waals surface area contributed by atoms with Gasteiger partial charge in [-0.2, -0.15) is 22.1 Å². The van der Waals surface area contributed by atoms with Gasteiger partial charge < -0.3 is 4.90 Å². The SMILES string of the molecule is Cc1nn(C)c(N2CCSCC2)c1C#N. The molecule has 2 rings (SSSR count). The number of aryl methyl sites for hydroxylation is 2. The summed E-state index contributed by atoms with van der Waals surface area (Å²) in [6.07, 6.45) is 0.